The molecule has 0 aliphatic heterocycles. The molecule has 70 valence electrons. The molecular formula is C7H9BBrNO3. The topological polar surface area (TPSA) is 62.6 Å². The molecule has 0 aromatic carbocycles. The van der Waals surface area contributed by atoms with Gasteiger partial charge in [0.15, 0.2) is 0 Å². The standard InChI is InChI=1S/C7H9BBrNO3/c1-2-13-7-3-5(8(11)12)6(9)4-10-7/h3-4,11-12H,2H2,1H3. The summed E-state index contributed by atoms with van der Waals surface area (Å²) < 4.78 is 5.64. The highest BCUT2D eigenvalue weighted by Crippen LogP contribution is 2.10. The van der Waals surface area contributed by atoms with Crippen LogP contribution < -0.4 is 10.2 Å². The van der Waals surface area contributed by atoms with Crippen molar-refractivity contribution in [2.75, 3.05) is 6.61 Å². The molecule has 4 nitrogen and oxygen atoms in total. The van der Waals surface area contributed by atoms with Crippen LogP contribution in [0.25, 0.3) is 0 Å². The fourth-order valence-corrected chi connectivity index (χ4v) is 1.28. The van der Waals surface area contributed by atoms with E-state index in [1.165, 1.54) is 12.3 Å². The first-order valence-corrected chi connectivity index (χ1v) is 4.58. The van der Waals surface area contributed by atoms with Crippen molar-refractivity contribution in [3.63, 3.8) is 0 Å². The molecule has 6 heteroatoms. The van der Waals surface area contributed by atoms with Gasteiger partial charge in [-0.05, 0) is 22.9 Å². The molecule has 13 heavy (non-hydrogen) atoms. The first-order valence-electron chi connectivity index (χ1n) is 3.79. The van der Waals surface area contributed by atoms with Crippen molar-refractivity contribution in [1.82, 2.24) is 4.98 Å². The Bertz CT molecular complexity index is 295. The first kappa shape index (κ1) is 10.5. The highest BCUT2D eigenvalue weighted by molar-refractivity contribution is 9.10. The maximum absolute atomic E-state index is 8.94. The monoisotopic (exact) mass is 245 g/mol. The van der Waals surface area contributed by atoms with Gasteiger partial charge in [0.05, 0.1) is 6.61 Å². The third-order valence-corrected chi connectivity index (χ3v) is 2.09. The SMILES string of the molecule is CCOc1cc(B(O)O)c(Br)cn1. The predicted molar refractivity (Wildman–Crippen MR) is 52.9 cm³/mol. The number of hydrogen-bond acceptors (Lipinski definition) is 4. The number of rotatable bonds is 3. The number of halogens is 1. The van der Waals surface area contributed by atoms with Crippen molar-refractivity contribution in [3.8, 4) is 5.88 Å². The molecule has 0 unspecified atom stereocenters. The van der Waals surface area contributed by atoms with E-state index in [-0.39, 0.29) is 0 Å². The Morgan fingerprint density at radius 3 is 2.85 bits per heavy atom. The first-order chi connectivity index (χ1) is 6.15. The molecule has 0 spiro atoms. The lowest BCUT2D eigenvalue weighted by Gasteiger charge is -2.05. The van der Waals surface area contributed by atoms with Crippen LogP contribution in [0.4, 0.5) is 0 Å². The maximum Gasteiger partial charge on any atom is 0.489 e. The molecule has 0 aliphatic carbocycles. The molecule has 1 aromatic rings. The highest BCUT2D eigenvalue weighted by atomic mass is 79.9. The zero-order chi connectivity index (χ0) is 9.84. The minimum Gasteiger partial charge on any atom is -0.478 e. The second kappa shape index (κ2) is 4.60. The van der Waals surface area contributed by atoms with E-state index in [0.29, 0.717) is 22.4 Å². The smallest absolute Gasteiger partial charge is 0.478 e. The van der Waals surface area contributed by atoms with E-state index in [1.807, 2.05) is 6.92 Å². The number of ether oxygens (including phenoxy) is 1. The summed E-state index contributed by atoms with van der Waals surface area (Å²) in [6.45, 7) is 2.33. The van der Waals surface area contributed by atoms with Crippen LogP contribution in [-0.4, -0.2) is 28.8 Å². The van der Waals surface area contributed by atoms with Gasteiger partial charge < -0.3 is 14.8 Å². The van der Waals surface area contributed by atoms with Crippen molar-refractivity contribution < 1.29 is 14.8 Å². The summed E-state index contributed by atoms with van der Waals surface area (Å²) in [5.74, 6) is 0.383. The van der Waals surface area contributed by atoms with Gasteiger partial charge in [-0.25, -0.2) is 4.98 Å². The Morgan fingerprint density at radius 2 is 2.31 bits per heavy atom. The van der Waals surface area contributed by atoms with Gasteiger partial charge in [0.2, 0.25) is 5.88 Å². The average molecular weight is 246 g/mol. The zero-order valence-corrected chi connectivity index (χ0v) is 8.65. The molecule has 0 atom stereocenters. The molecule has 0 saturated heterocycles. The molecule has 2 N–H and O–H groups in total. The molecule has 1 heterocycles. The van der Waals surface area contributed by atoms with Gasteiger partial charge in [0, 0.05) is 22.2 Å². The van der Waals surface area contributed by atoms with E-state index in [4.69, 9.17) is 14.8 Å². The Hall–Kier alpha value is -0.585. The third-order valence-electron chi connectivity index (χ3n) is 1.43. The van der Waals surface area contributed by atoms with Gasteiger partial charge in [-0.1, -0.05) is 0 Å². The summed E-state index contributed by atoms with van der Waals surface area (Å²) >= 11 is 3.14. The van der Waals surface area contributed by atoms with Crippen LogP contribution in [0, 0.1) is 0 Å². The van der Waals surface area contributed by atoms with Gasteiger partial charge in [0.1, 0.15) is 0 Å². The van der Waals surface area contributed by atoms with Crippen molar-refractivity contribution >= 4 is 28.5 Å². The molecular weight excluding hydrogens is 237 g/mol. The van der Waals surface area contributed by atoms with E-state index < -0.39 is 7.12 Å². The Labute approximate surface area is 84.8 Å². The largest absolute Gasteiger partial charge is 0.489 e. The zero-order valence-electron chi connectivity index (χ0n) is 7.07. The quantitative estimate of drug-likeness (QED) is 0.732. The predicted octanol–water partition coefficient (Wildman–Crippen LogP) is -0.0774. The summed E-state index contributed by atoms with van der Waals surface area (Å²) in [6.07, 6.45) is 1.47. The van der Waals surface area contributed by atoms with E-state index in [1.54, 1.807) is 0 Å². The molecule has 0 bridgehead atoms. The third kappa shape index (κ3) is 2.68. The van der Waals surface area contributed by atoms with Crippen LogP contribution in [0.5, 0.6) is 5.88 Å². The number of hydrogen-bond donors (Lipinski definition) is 2. The van der Waals surface area contributed by atoms with Gasteiger partial charge >= 0.3 is 7.12 Å². The van der Waals surface area contributed by atoms with Crippen LogP contribution in [0.3, 0.4) is 0 Å². The normalized spacial score (nSPS) is 9.85. The van der Waals surface area contributed by atoms with Crippen LogP contribution in [0.2, 0.25) is 0 Å². The molecule has 1 rings (SSSR count). The van der Waals surface area contributed by atoms with Crippen molar-refractivity contribution in [2.45, 2.75) is 6.92 Å². The lowest BCUT2D eigenvalue weighted by Crippen LogP contribution is -2.31. The maximum atomic E-state index is 8.94. The summed E-state index contributed by atoms with van der Waals surface area (Å²) in [7, 11) is -1.52. The second-order valence-corrected chi connectivity index (χ2v) is 3.21. The average Bonchev–Trinajstić information content (AvgIpc) is 2.08. The molecule has 0 amide bonds. The fraction of sp³-hybridized carbons (Fsp3) is 0.286. The van der Waals surface area contributed by atoms with E-state index in [9.17, 15) is 0 Å². The lowest BCUT2D eigenvalue weighted by atomic mass is 9.81. The number of pyridine rings is 1. The Kier molecular flexibility index (Phi) is 3.71. The van der Waals surface area contributed by atoms with Crippen molar-refractivity contribution in [3.05, 3.63) is 16.7 Å². The van der Waals surface area contributed by atoms with Gasteiger partial charge in [-0.15, -0.1) is 0 Å². The summed E-state index contributed by atoms with van der Waals surface area (Å²) in [6, 6.07) is 1.48. The summed E-state index contributed by atoms with van der Waals surface area (Å²) in [4.78, 5) is 3.92. The highest BCUT2D eigenvalue weighted by Gasteiger charge is 2.16. The summed E-state index contributed by atoms with van der Waals surface area (Å²) in [5.41, 5.74) is 0.346. The van der Waals surface area contributed by atoms with E-state index >= 15 is 0 Å². The second-order valence-electron chi connectivity index (χ2n) is 2.35. The Balaban J connectivity index is 2.97. The Morgan fingerprint density at radius 1 is 1.62 bits per heavy atom. The molecule has 0 fully saturated rings. The van der Waals surface area contributed by atoms with Crippen LogP contribution in [-0.2, 0) is 0 Å². The number of nitrogens with zero attached hydrogens (tertiary/aromatic N) is 1. The van der Waals surface area contributed by atoms with Crippen LogP contribution in [0.1, 0.15) is 6.92 Å². The van der Waals surface area contributed by atoms with Gasteiger partial charge in [-0.3, -0.25) is 0 Å². The van der Waals surface area contributed by atoms with Crippen LogP contribution >= 0.6 is 15.9 Å². The molecule has 0 radical (unpaired) electrons. The number of aromatic nitrogens is 1. The van der Waals surface area contributed by atoms with E-state index in [0.717, 1.165) is 0 Å². The molecule has 0 saturated carbocycles. The summed E-state index contributed by atoms with van der Waals surface area (Å²) in [5, 5.41) is 17.9. The van der Waals surface area contributed by atoms with Gasteiger partial charge in [-0.2, -0.15) is 0 Å². The van der Waals surface area contributed by atoms with Crippen molar-refractivity contribution in [1.29, 1.82) is 0 Å². The minimum atomic E-state index is -1.52. The van der Waals surface area contributed by atoms with Crippen molar-refractivity contribution in [2.24, 2.45) is 0 Å². The molecule has 1 aromatic heterocycles. The molecule has 0 aliphatic rings. The minimum absolute atomic E-state index is 0.346. The lowest BCUT2D eigenvalue weighted by molar-refractivity contribution is 0.326. The van der Waals surface area contributed by atoms with E-state index in [2.05, 4.69) is 20.9 Å². The van der Waals surface area contributed by atoms with Crippen LogP contribution in [0.15, 0.2) is 16.7 Å². The fourth-order valence-electron chi connectivity index (χ4n) is 0.859. The van der Waals surface area contributed by atoms with Gasteiger partial charge in [0.25, 0.3) is 0 Å².